The number of ether oxygens (including phenoxy) is 1. The summed E-state index contributed by atoms with van der Waals surface area (Å²) in [7, 11) is 0. The van der Waals surface area contributed by atoms with Crippen molar-refractivity contribution < 1.29 is 9.53 Å². The predicted octanol–water partition coefficient (Wildman–Crippen LogP) is 2.68. The predicted molar refractivity (Wildman–Crippen MR) is 85.5 cm³/mol. The number of likely N-dealkylation sites (tertiary alicyclic amines) is 1. The molecule has 1 aromatic rings. The summed E-state index contributed by atoms with van der Waals surface area (Å²) in [6, 6.07) is 0.593. The third-order valence-electron chi connectivity index (χ3n) is 3.83. The molecule has 2 heterocycles. The van der Waals surface area contributed by atoms with Crippen LogP contribution < -0.4 is 5.32 Å². The number of amides is 1. The Kier molecular flexibility index (Phi) is 5.45. The Balaban J connectivity index is 1.81. The topological polar surface area (TPSA) is 70.2 Å². The molecule has 124 valence electrons. The fourth-order valence-electron chi connectivity index (χ4n) is 2.80. The first kappa shape index (κ1) is 16.8. The zero-order valence-electron chi connectivity index (χ0n) is 14.1. The molecule has 0 bridgehead atoms. The highest BCUT2D eigenvalue weighted by atomic mass is 16.6. The van der Waals surface area contributed by atoms with Crippen LogP contribution in [0.4, 0.5) is 4.79 Å². The van der Waals surface area contributed by atoms with E-state index in [1.165, 1.54) is 0 Å². The number of carbonyl (C=O) groups excluding carboxylic acids is 1. The number of aromatic nitrogens is 2. The second-order valence-corrected chi connectivity index (χ2v) is 7.06. The van der Waals surface area contributed by atoms with Crippen LogP contribution in [-0.2, 0) is 11.3 Å². The van der Waals surface area contributed by atoms with E-state index in [9.17, 15) is 4.79 Å². The molecule has 2 atom stereocenters. The number of imidazole rings is 1. The minimum Gasteiger partial charge on any atom is -0.444 e. The molecule has 1 aliphatic heterocycles. The van der Waals surface area contributed by atoms with Crippen molar-refractivity contribution in [2.24, 2.45) is 0 Å². The summed E-state index contributed by atoms with van der Waals surface area (Å²) < 4.78 is 5.51. The number of nitrogens with one attached hydrogen (secondary N) is 2. The standard InChI is InChI=1S/C16H28N4O2/c1-12(18-10-13-9-17-11-19-13)8-14-6-5-7-20(14)15(21)22-16(2,3)4/h9,11-12,14,18H,5-8,10H2,1-4H3,(H,17,19). The van der Waals surface area contributed by atoms with Crippen LogP contribution in [0.2, 0.25) is 0 Å². The average molecular weight is 308 g/mol. The molecular formula is C16H28N4O2. The van der Waals surface area contributed by atoms with Gasteiger partial charge in [0.15, 0.2) is 0 Å². The van der Waals surface area contributed by atoms with Crippen LogP contribution in [-0.4, -0.2) is 45.2 Å². The van der Waals surface area contributed by atoms with Gasteiger partial charge in [-0.05, 0) is 47.0 Å². The maximum absolute atomic E-state index is 12.3. The second kappa shape index (κ2) is 7.13. The van der Waals surface area contributed by atoms with Crippen molar-refractivity contribution in [3.63, 3.8) is 0 Å². The number of hydrogen-bond donors (Lipinski definition) is 2. The first-order valence-corrected chi connectivity index (χ1v) is 8.05. The van der Waals surface area contributed by atoms with Crippen molar-refractivity contribution in [2.75, 3.05) is 6.54 Å². The first-order valence-electron chi connectivity index (χ1n) is 8.05. The van der Waals surface area contributed by atoms with Gasteiger partial charge in [-0.3, -0.25) is 0 Å². The number of rotatable bonds is 5. The molecule has 2 rings (SSSR count). The van der Waals surface area contributed by atoms with Gasteiger partial charge in [-0.1, -0.05) is 0 Å². The van der Waals surface area contributed by atoms with Crippen LogP contribution in [0, 0.1) is 0 Å². The highest BCUT2D eigenvalue weighted by molar-refractivity contribution is 5.68. The molecule has 22 heavy (non-hydrogen) atoms. The van der Waals surface area contributed by atoms with E-state index in [0.29, 0.717) is 6.04 Å². The van der Waals surface area contributed by atoms with E-state index in [1.807, 2.05) is 31.9 Å². The number of carbonyl (C=O) groups is 1. The minimum atomic E-state index is -0.436. The Hall–Kier alpha value is -1.56. The van der Waals surface area contributed by atoms with E-state index < -0.39 is 5.60 Å². The van der Waals surface area contributed by atoms with Crippen molar-refractivity contribution in [3.05, 3.63) is 18.2 Å². The van der Waals surface area contributed by atoms with Gasteiger partial charge in [0.05, 0.1) is 6.33 Å². The lowest BCUT2D eigenvalue weighted by atomic mass is 10.1. The molecule has 6 heteroatoms. The van der Waals surface area contributed by atoms with Crippen LogP contribution in [0.25, 0.3) is 0 Å². The lowest BCUT2D eigenvalue weighted by molar-refractivity contribution is 0.0214. The normalized spacial score (nSPS) is 20.2. The molecule has 1 saturated heterocycles. The van der Waals surface area contributed by atoms with E-state index in [1.54, 1.807) is 6.33 Å². The molecule has 2 N–H and O–H groups in total. The molecule has 6 nitrogen and oxygen atoms in total. The molecule has 0 aliphatic carbocycles. The molecule has 1 amide bonds. The zero-order chi connectivity index (χ0) is 16.2. The number of H-pyrrole nitrogens is 1. The average Bonchev–Trinajstić information content (AvgIpc) is 3.05. The maximum atomic E-state index is 12.3. The van der Waals surface area contributed by atoms with Gasteiger partial charge in [-0.2, -0.15) is 0 Å². The highest BCUT2D eigenvalue weighted by Crippen LogP contribution is 2.24. The lowest BCUT2D eigenvalue weighted by Gasteiger charge is -2.30. The van der Waals surface area contributed by atoms with Crippen LogP contribution in [0.15, 0.2) is 12.5 Å². The Bertz CT molecular complexity index is 467. The summed E-state index contributed by atoms with van der Waals surface area (Å²) in [5.74, 6) is 0. The Morgan fingerprint density at radius 1 is 1.59 bits per heavy atom. The SMILES string of the molecule is CC(CC1CCCN1C(=O)OC(C)(C)C)NCc1cnc[nH]1. The van der Waals surface area contributed by atoms with Crippen molar-refractivity contribution in [1.82, 2.24) is 20.2 Å². The minimum absolute atomic E-state index is 0.184. The van der Waals surface area contributed by atoms with Crippen LogP contribution >= 0.6 is 0 Å². The van der Waals surface area contributed by atoms with Crippen LogP contribution in [0.3, 0.4) is 0 Å². The van der Waals surface area contributed by atoms with Crippen molar-refractivity contribution in [3.8, 4) is 0 Å². The van der Waals surface area contributed by atoms with Crippen LogP contribution in [0.5, 0.6) is 0 Å². The van der Waals surface area contributed by atoms with E-state index in [4.69, 9.17) is 4.74 Å². The molecule has 1 fully saturated rings. The molecule has 0 saturated carbocycles. The number of nitrogens with zero attached hydrogens (tertiary/aromatic N) is 2. The van der Waals surface area contributed by atoms with Crippen molar-refractivity contribution in [2.45, 2.75) is 71.2 Å². The second-order valence-electron chi connectivity index (χ2n) is 7.06. The van der Waals surface area contributed by atoms with E-state index >= 15 is 0 Å². The van der Waals surface area contributed by atoms with Gasteiger partial charge >= 0.3 is 6.09 Å². The molecule has 0 aromatic carbocycles. The Morgan fingerprint density at radius 3 is 3.00 bits per heavy atom. The lowest BCUT2D eigenvalue weighted by Crippen LogP contribution is -2.42. The summed E-state index contributed by atoms with van der Waals surface area (Å²) in [4.78, 5) is 21.2. The van der Waals surface area contributed by atoms with Gasteiger partial charge in [-0.25, -0.2) is 9.78 Å². The smallest absolute Gasteiger partial charge is 0.410 e. The monoisotopic (exact) mass is 308 g/mol. The van der Waals surface area contributed by atoms with Crippen molar-refractivity contribution in [1.29, 1.82) is 0 Å². The summed E-state index contributed by atoms with van der Waals surface area (Å²) in [6.45, 7) is 9.44. The summed E-state index contributed by atoms with van der Waals surface area (Å²) in [6.07, 6.45) is 6.36. The van der Waals surface area contributed by atoms with Gasteiger partial charge < -0.3 is 19.9 Å². The van der Waals surface area contributed by atoms with Gasteiger partial charge in [0.25, 0.3) is 0 Å². The number of hydrogen-bond acceptors (Lipinski definition) is 4. The van der Waals surface area contributed by atoms with Gasteiger partial charge in [-0.15, -0.1) is 0 Å². The van der Waals surface area contributed by atoms with Crippen molar-refractivity contribution >= 4 is 6.09 Å². The summed E-state index contributed by atoms with van der Waals surface area (Å²) in [5, 5.41) is 3.47. The van der Waals surface area contributed by atoms with Gasteiger partial charge in [0, 0.05) is 37.1 Å². The molecular weight excluding hydrogens is 280 g/mol. The first-order chi connectivity index (χ1) is 10.3. The highest BCUT2D eigenvalue weighted by Gasteiger charge is 2.32. The fourth-order valence-corrected chi connectivity index (χ4v) is 2.80. The van der Waals surface area contributed by atoms with Crippen LogP contribution in [0.1, 0.15) is 52.7 Å². The third kappa shape index (κ3) is 5.02. The largest absolute Gasteiger partial charge is 0.444 e. The third-order valence-corrected chi connectivity index (χ3v) is 3.83. The Morgan fingerprint density at radius 2 is 2.36 bits per heavy atom. The summed E-state index contributed by atoms with van der Waals surface area (Å²) >= 11 is 0. The molecule has 1 aliphatic rings. The van der Waals surface area contributed by atoms with E-state index in [0.717, 1.165) is 38.0 Å². The molecule has 0 spiro atoms. The number of aromatic amines is 1. The maximum Gasteiger partial charge on any atom is 0.410 e. The quantitative estimate of drug-likeness (QED) is 0.877. The Labute approximate surface area is 132 Å². The molecule has 1 aromatic heterocycles. The van der Waals surface area contributed by atoms with Gasteiger partial charge in [0.1, 0.15) is 5.60 Å². The van der Waals surface area contributed by atoms with Gasteiger partial charge in [0.2, 0.25) is 0 Å². The molecule has 2 unspecified atom stereocenters. The summed E-state index contributed by atoms with van der Waals surface area (Å²) in [5.41, 5.74) is 0.636. The van der Waals surface area contributed by atoms with E-state index in [-0.39, 0.29) is 12.1 Å². The van der Waals surface area contributed by atoms with E-state index in [2.05, 4.69) is 22.2 Å². The zero-order valence-corrected chi connectivity index (χ0v) is 14.1. The molecule has 0 radical (unpaired) electrons. The fraction of sp³-hybridized carbons (Fsp3) is 0.750.